The SMILES string of the molecule is Clc1ccc(-c2ccc(NC3CCNC3)nn2)cc1. The normalized spacial score (nSPS) is 18.5. The zero-order valence-corrected chi connectivity index (χ0v) is 11.2. The van der Waals surface area contributed by atoms with Gasteiger partial charge < -0.3 is 10.6 Å². The summed E-state index contributed by atoms with van der Waals surface area (Å²) in [5, 5.41) is 15.9. The van der Waals surface area contributed by atoms with Gasteiger partial charge in [-0.25, -0.2) is 0 Å². The lowest BCUT2D eigenvalue weighted by Crippen LogP contribution is -2.22. The van der Waals surface area contributed by atoms with Crippen LogP contribution in [0.4, 0.5) is 5.82 Å². The standard InChI is InChI=1S/C14H15ClN4/c15-11-3-1-10(2-4-11)13-5-6-14(19-18-13)17-12-7-8-16-9-12/h1-6,12,16H,7-9H2,(H,17,19). The van der Waals surface area contributed by atoms with E-state index in [4.69, 9.17) is 11.6 Å². The third-order valence-electron chi connectivity index (χ3n) is 3.22. The molecule has 1 atom stereocenters. The maximum Gasteiger partial charge on any atom is 0.148 e. The van der Waals surface area contributed by atoms with Gasteiger partial charge in [0, 0.05) is 23.2 Å². The predicted octanol–water partition coefficient (Wildman–Crippen LogP) is 2.57. The molecule has 0 spiro atoms. The molecule has 2 N–H and O–H groups in total. The van der Waals surface area contributed by atoms with E-state index in [2.05, 4.69) is 20.8 Å². The molecule has 1 aromatic carbocycles. The van der Waals surface area contributed by atoms with Crippen molar-refractivity contribution < 1.29 is 0 Å². The van der Waals surface area contributed by atoms with Gasteiger partial charge in [0.2, 0.25) is 0 Å². The molecule has 2 aromatic rings. The summed E-state index contributed by atoms with van der Waals surface area (Å²) in [4.78, 5) is 0. The van der Waals surface area contributed by atoms with Gasteiger partial charge in [0.25, 0.3) is 0 Å². The number of nitrogens with one attached hydrogen (secondary N) is 2. The highest BCUT2D eigenvalue weighted by Crippen LogP contribution is 2.20. The molecular formula is C14H15ClN4. The molecule has 0 saturated carbocycles. The highest BCUT2D eigenvalue weighted by atomic mass is 35.5. The van der Waals surface area contributed by atoms with Crippen LogP contribution in [0, 0.1) is 0 Å². The van der Waals surface area contributed by atoms with E-state index >= 15 is 0 Å². The molecule has 1 fully saturated rings. The van der Waals surface area contributed by atoms with Gasteiger partial charge in [-0.05, 0) is 37.2 Å². The molecule has 0 amide bonds. The van der Waals surface area contributed by atoms with E-state index < -0.39 is 0 Å². The molecule has 5 heteroatoms. The second-order valence-electron chi connectivity index (χ2n) is 4.64. The molecule has 1 aliphatic heterocycles. The van der Waals surface area contributed by atoms with E-state index in [1.54, 1.807) is 0 Å². The van der Waals surface area contributed by atoms with E-state index in [0.717, 1.165) is 41.6 Å². The molecule has 2 heterocycles. The van der Waals surface area contributed by atoms with E-state index in [0.29, 0.717) is 6.04 Å². The van der Waals surface area contributed by atoms with Crippen LogP contribution >= 0.6 is 11.6 Å². The monoisotopic (exact) mass is 274 g/mol. The molecule has 98 valence electrons. The molecule has 1 aliphatic rings. The number of anilines is 1. The van der Waals surface area contributed by atoms with Gasteiger partial charge >= 0.3 is 0 Å². The van der Waals surface area contributed by atoms with Crippen molar-refractivity contribution in [3.63, 3.8) is 0 Å². The van der Waals surface area contributed by atoms with E-state index in [1.165, 1.54) is 0 Å². The van der Waals surface area contributed by atoms with E-state index in [9.17, 15) is 0 Å². The Kier molecular flexibility index (Phi) is 3.62. The Morgan fingerprint density at radius 2 is 1.95 bits per heavy atom. The summed E-state index contributed by atoms with van der Waals surface area (Å²) in [7, 11) is 0. The molecular weight excluding hydrogens is 260 g/mol. The predicted molar refractivity (Wildman–Crippen MR) is 77.4 cm³/mol. The molecule has 0 bridgehead atoms. The Labute approximate surface area is 117 Å². The van der Waals surface area contributed by atoms with Crippen LogP contribution in [0.1, 0.15) is 6.42 Å². The molecule has 0 aliphatic carbocycles. The first kappa shape index (κ1) is 12.4. The quantitative estimate of drug-likeness (QED) is 0.903. The fraction of sp³-hybridized carbons (Fsp3) is 0.286. The lowest BCUT2D eigenvalue weighted by Gasteiger charge is -2.11. The van der Waals surface area contributed by atoms with E-state index in [1.807, 2.05) is 36.4 Å². The van der Waals surface area contributed by atoms with Crippen molar-refractivity contribution in [2.24, 2.45) is 0 Å². The molecule has 3 rings (SSSR count). The second-order valence-corrected chi connectivity index (χ2v) is 5.08. The number of hydrogen-bond donors (Lipinski definition) is 2. The number of hydrogen-bond acceptors (Lipinski definition) is 4. The molecule has 4 nitrogen and oxygen atoms in total. The Morgan fingerprint density at radius 3 is 2.58 bits per heavy atom. The maximum absolute atomic E-state index is 5.87. The lowest BCUT2D eigenvalue weighted by atomic mass is 10.1. The zero-order chi connectivity index (χ0) is 13.1. The highest BCUT2D eigenvalue weighted by molar-refractivity contribution is 6.30. The summed E-state index contributed by atoms with van der Waals surface area (Å²) in [6.07, 6.45) is 1.13. The minimum Gasteiger partial charge on any atom is -0.365 e. The van der Waals surface area contributed by atoms with Crippen LogP contribution in [-0.4, -0.2) is 29.3 Å². The van der Waals surface area contributed by atoms with Crippen LogP contribution in [0.5, 0.6) is 0 Å². The largest absolute Gasteiger partial charge is 0.365 e. The van der Waals surface area contributed by atoms with Crippen molar-refractivity contribution in [3.05, 3.63) is 41.4 Å². The number of benzene rings is 1. The van der Waals surface area contributed by atoms with Crippen molar-refractivity contribution in [2.45, 2.75) is 12.5 Å². The van der Waals surface area contributed by atoms with Crippen LogP contribution < -0.4 is 10.6 Å². The van der Waals surface area contributed by atoms with Crippen molar-refractivity contribution in [1.29, 1.82) is 0 Å². The van der Waals surface area contributed by atoms with Crippen LogP contribution in [0.3, 0.4) is 0 Å². The van der Waals surface area contributed by atoms with Gasteiger partial charge in [-0.15, -0.1) is 10.2 Å². The lowest BCUT2D eigenvalue weighted by molar-refractivity contribution is 0.783. The maximum atomic E-state index is 5.87. The number of aromatic nitrogens is 2. The second kappa shape index (κ2) is 5.55. The first-order valence-electron chi connectivity index (χ1n) is 6.38. The third-order valence-corrected chi connectivity index (χ3v) is 3.47. The Morgan fingerprint density at radius 1 is 1.11 bits per heavy atom. The van der Waals surface area contributed by atoms with Gasteiger partial charge in [0.1, 0.15) is 5.82 Å². The Balaban J connectivity index is 1.72. The topological polar surface area (TPSA) is 49.8 Å². The van der Waals surface area contributed by atoms with Crippen molar-refractivity contribution in [3.8, 4) is 11.3 Å². The number of rotatable bonds is 3. The van der Waals surface area contributed by atoms with Crippen LogP contribution in [-0.2, 0) is 0 Å². The zero-order valence-electron chi connectivity index (χ0n) is 10.4. The van der Waals surface area contributed by atoms with Crippen LogP contribution in [0.2, 0.25) is 5.02 Å². The summed E-state index contributed by atoms with van der Waals surface area (Å²) < 4.78 is 0. The van der Waals surface area contributed by atoms with Crippen molar-refractivity contribution in [1.82, 2.24) is 15.5 Å². The molecule has 1 aromatic heterocycles. The first-order valence-corrected chi connectivity index (χ1v) is 6.76. The summed E-state index contributed by atoms with van der Waals surface area (Å²) >= 11 is 5.87. The van der Waals surface area contributed by atoms with Crippen LogP contribution in [0.25, 0.3) is 11.3 Å². The Bertz CT molecular complexity index is 532. The summed E-state index contributed by atoms with van der Waals surface area (Å²) in [6.45, 7) is 2.05. The van der Waals surface area contributed by atoms with Crippen molar-refractivity contribution >= 4 is 17.4 Å². The van der Waals surface area contributed by atoms with Gasteiger partial charge in [-0.1, -0.05) is 23.7 Å². The fourth-order valence-corrected chi connectivity index (χ4v) is 2.30. The molecule has 0 radical (unpaired) electrons. The van der Waals surface area contributed by atoms with Gasteiger partial charge in [-0.2, -0.15) is 0 Å². The summed E-state index contributed by atoms with van der Waals surface area (Å²) in [6, 6.07) is 12.0. The minimum atomic E-state index is 0.454. The number of nitrogens with zero attached hydrogens (tertiary/aromatic N) is 2. The Hall–Kier alpha value is -1.65. The van der Waals surface area contributed by atoms with E-state index in [-0.39, 0.29) is 0 Å². The van der Waals surface area contributed by atoms with Gasteiger partial charge in [0.05, 0.1) is 5.69 Å². The molecule has 1 unspecified atom stereocenters. The average molecular weight is 275 g/mol. The minimum absolute atomic E-state index is 0.454. The van der Waals surface area contributed by atoms with Crippen LogP contribution in [0.15, 0.2) is 36.4 Å². The summed E-state index contributed by atoms with van der Waals surface area (Å²) in [5.74, 6) is 0.825. The van der Waals surface area contributed by atoms with Crippen molar-refractivity contribution in [2.75, 3.05) is 18.4 Å². The first-order chi connectivity index (χ1) is 9.31. The third kappa shape index (κ3) is 3.03. The number of halogens is 1. The molecule has 1 saturated heterocycles. The summed E-state index contributed by atoms with van der Waals surface area (Å²) in [5.41, 5.74) is 1.87. The average Bonchev–Trinajstić information content (AvgIpc) is 2.94. The molecule has 19 heavy (non-hydrogen) atoms. The highest BCUT2D eigenvalue weighted by Gasteiger charge is 2.14. The van der Waals surface area contributed by atoms with Gasteiger partial charge in [-0.3, -0.25) is 0 Å². The fourth-order valence-electron chi connectivity index (χ4n) is 2.17. The van der Waals surface area contributed by atoms with Gasteiger partial charge in [0.15, 0.2) is 0 Å². The smallest absolute Gasteiger partial charge is 0.148 e.